The van der Waals surface area contributed by atoms with Crippen molar-refractivity contribution in [2.24, 2.45) is 0 Å². The predicted molar refractivity (Wildman–Crippen MR) is 70.6 cm³/mol. The number of fused-ring (bicyclic) bond motifs is 1. The fraction of sp³-hybridized carbons (Fsp3) is 0.600. The van der Waals surface area contributed by atoms with Crippen LogP contribution in [0.25, 0.3) is 0 Å². The lowest BCUT2D eigenvalue weighted by Gasteiger charge is -2.27. The highest BCUT2D eigenvalue weighted by molar-refractivity contribution is 5.55. The SMILES string of the molecule is CC1CCc2cc(C3CCCOC3)ccc2N1. The molecule has 0 aromatic heterocycles. The molecule has 17 heavy (non-hydrogen) atoms. The minimum Gasteiger partial charge on any atom is -0.382 e. The van der Waals surface area contributed by atoms with E-state index in [0.717, 1.165) is 13.2 Å². The minimum absolute atomic E-state index is 0.617. The van der Waals surface area contributed by atoms with Crippen LogP contribution in [-0.4, -0.2) is 19.3 Å². The molecule has 0 amide bonds. The van der Waals surface area contributed by atoms with E-state index in [9.17, 15) is 0 Å². The van der Waals surface area contributed by atoms with Gasteiger partial charge < -0.3 is 10.1 Å². The van der Waals surface area contributed by atoms with Gasteiger partial charge in [0.1, 0.15) is 0 Å². The van der Waals surface area contributed by atoms with Gasteiger partial charge in [0.15, 0.2) is 0 Å². The molecule has 2 aliphatic rings. The Morgan fingerprint density at radius 1 is 1.29 bits per heavy atom. The molecule has 2 nitrogen and oxygen atoms in total. The van der Waals surface area contributed by atoms with Crippen LogP contribution in [0.3, 0.4) is 0 Å². The van der Waals surface area contributed by atoms with Gasteiger partial charge in [-0.05, 0) is 49.8 Å². The molecule has 0 saturated carbocycles. The van der Waals surface area contributed by atoms with Crippen molar-refractivity contribution in [2.45, 2.75) is 44.6 Å². The lowest BCUT2D eigenvalue weighted by Crippen LogP contribution is -2.22. The third-order valence-corrected chi connectivity index (χ3v) is 4.01. The van der Waals surface area contributed by atoms with Gasteiger partial charge in [-0.2, -0.15) is 0 Å². The standard InChI is InChI=1S/C15H21NO/c1-11-4-5-13-9-12(6-7-15(13)16-11)14-3-2-8-17-10-14/h6-7,9,11,14,16H,2-5,8,10H2,1H3. The molecule has 0 spiro atoms. The molecule has 1 saturated heterocycles. The van der Waals surface area contributed by atoms with Crippen LogP contribution in [0, 0.1) is 0 Å². The normalized spacial score (nSPS) is 28.3. The molecule has 0 radical (unpaired) electrons. The molecule has 1 aromatic carbocycles. The van der Waals surface area contributed by atoms with E-state index in [1.165, 1.54) is 42.5 Å². The Labute approximate surface area is 103 Å². The summed E-state index contributed by atoms with van der Waals surface area (Å²) >= 11 is 0. The minimum atomic E-state index is 0.617. The first-order chi connectivity index (χ1) is 8.33. The molecule has 0 aliphatic carbocycles. The van der Waals surface area contributed by atoms with E-state index in [4.69, 9.17) is 4.74 Å². The zero-order chi connectivity index (χ0) is 11.7. The molecule has 92 valence electrons. The van der Waals surface area contributed by atoms with Gasteiger partial charge in [0.2, 0.25) is 0 Å². The highest BCUT2D eigenvalue weighted by atomic mass is 16.5. The Hall–Kier alpha value is -1.02. The number of hydrogen-bond acceptors (Lipinski definition) is 2. The predicted octanol–water partition coefficient (Wildman–Crippen LogP) is 3.33. The van der Waals surface area contributed by atoms with Crippen LogP contribution in [0.4, 0.5) is 5.69 Å². The summed E-state index contributed by atoms with van der Waals surface area (Å²) in [6, 6.07) is 7.55. The smallest absolute Gasteiger partial charge is 0.0534 e. The van der Waals surface area contributed by atoms with Crippen LogP contribution in [0.5, 0.6) is 0 Å². The number of rotatable bonds is 1. The monoisotopic (exact) mass is 231 g/mol. The molecule has 2 unspecified atom stereocenters. The van der Waals surface area contributed by atoms with Crippen LogP contribution in [0.1, 0.15) is 43.2 Å². The molecule has 2 heteroatoms. The van der Waals surface area contributed by atoms with Crippen molar-refractivity contribution in [1.29, 1.82) is 0 Å². The zero-order valence-electron chi connectivity index (χ0n) is 10.5. The van der Waals surface area contributed by atoms with Crippen molar-refractivity contribution in [3.8, 4) is 0 Å². The Balaban J connectivity index is 1.82. The number of benzene rings is 1. The molecule has 1 N–H and O–H groups in total. The average molecular weight is 231 g/mol. The topological polar surface area (TPSA) is 21.3 Å². The third-order valence-electron chi connectivity index (χ3n) is 4.01. The molecular formula is C15H21NO. The number of ether oxygens (including phenoxy) is 1. The second kappa shape index (κ2) is 4.69. The molecule has 0 bridgehead atoms. The number of anilines is 1. The van der Waals surface area contributed by atoms with Gasteiger partial charge in [-0.3, -0.25) is 0 Å². The van der Waals surface area contributed by atoms with E-state index in [1.54, 1.807) is 0 Å². The van der Waals surface area contributed by atoms with Crippen molar-refractivity contribution < 1.29 is 4.74 Å². The second-order valence-corrected chi connectivity index (χ2v) is 5.41. The number of aryl methyl sites for hydroxylation is 1. The summed E-state index contributed by atoms with van der Waals surface area (Å²) < 4.78 is 5.58. The number of nitrogens with one attached hydrogen (secondary N) is 1. The van der Waals surface area contributed by atoms with Gasteiger partial charge in [0.25, 0.3) is 0 Å². The van der Waals surface area contributed by atoms with E-state index < -0.39 is 0 Å². The van der Waals surface area contributed by atoms with E-state index in [1.807, 2.05) is 0 Å². The fourth-order valence-corrected chi connectivity index (χ4v) is 2.93. The quantitative estimate of drug-likeness (QED) is 0.800. The Kier molecular flexibility index (Phi) is 3.06. The van der Waals surface area contributed by atoms with E-state index in [-0.39, 0.29) is 0 Å². The molecule has 1 fully saturated rings. The van der Waals surface area contributed by atoms with Gasteiger partial charge in [-0.1, -0.05) is 12.1 Å². The highest BCUT2D eigenvalue weighted by Crippen LogP contribution is 2.31. The molecular weight excluding hydrogens is 210 g/mol. The summed E-state index contributed by atoms with van der Waals surface area (Å²) in [6.45, 7) is 4.11. The highest BCUT2D eigenvalue weighted by Gasteiger charge is 2.19. The summed E-state index contributed by atoms with van der Waals surface area (Å²) in [5.74, 6) is 0.619. The van der Waals surface area contributed by atoms with E-state index in [0.29, 0.717) is 12.0 Å². The molecule has 2 aliphatic heterocycles. The fourth-order valence-electron chi connectivity index (χ4n) is 2.93. The number of hydrogen-bond donors (Lipinski definition) is 1. The van der Waals surface area contributed by atoms with Crippen molar-refractivity contribution in [2.75, 3.05) is 18.5 Å². The molecule has 3 rings (SSSR count). The Bertz CT molecular complexity index is 396. The summed E-state index contributed by atoms with van der Waals surface area (Å²) in [5.41, 5.74) is 4.30. The van der Waals surface area contributed by atoms with E-state index >= 15 is 0 Å². The van der Waals surface area contributed by atoms with Gasteiger partial charge in [-0.15, -0.1) is 0 Å². The van der Waals surface area contributed by atoms with Gasteiger partial charge in [0.05, 0.1) is 6.61 Å². The maximum atomic E-state index is 5.58. The van der Waals surface area contributed by atoms with Crippen LogP contribution in [-0.2, 0) is 11.2 Å². The molecule has 2 atom stereocenters. The third kappa shape index (κ3) is 2.32. The largest absolute Gasteiger partial charge is 0.382 e. The van der Waals surface area contributed by atoms with Crippen molar-refractivity contribution in [3.63, 3.8) is 0 Å². The maximum absolute atomic E-state index is 5.58. The Morgan fingerprint density at radius 2 is 2.24 bits per heavy atom. The zero-order valence-corrected chi connectivity index (χ0v) is 10.5. The molecule has 2 heterocycles. The summed E-state index contributed by atoms with van der Waals surface area (Å²) in [7, 11) is 0. The first-order valence-corrected chi connectivity index (χ1v) is 6.80. The van der Waals surface area contributed by atoms with Crippen LogP contribution >= 0.6 is 0 Å². The Morgan fingerprint density at radius 3 is 3.06 bits per heavy atom. The lowest BCUT2D eigenvalue weighted by molar-refractivity contribution is 0.0804. The second-order valence-electron chi connectivity index (χ2n) is 5.41. The van der Waals surface area contributed by atoms with Crippen molar-refractivity contribution >= 4 is 5.69 Å². The summed E-state index contributed by atoms with van der Waals surface area (Å²) in [4.78, 5) is 0. The lowest BCUT2D eigenvalue weighted by atomic mass is 9.89. The first kappa shape index (κ1) is 11.1. The van der Waals surface area contributed by atoms with Crippen molar-refractivity contribution in [1.82, 2.24) is 0 Å². The molecule has 1 aromatic rings. The van der Waals surface area contributed by atoms with Crippen LogP contribution in [0.2, 0.25) is 0 Å². The average Bonchev–Trinajstić information content (AvgIpc) is 2.39. The first-order valence-electron chi connectivity index (χ1n) is 6.80. The van der Waals surface area contributed by atoms with Gasteiger partial charge >= 0.3 is 0 Å². The van der Waals surface area contributed by atoms with Crippen molar-refractivity contribution in [3.05, 3.63) is 29.3 Å². The van der Waals surface area contributed by atoms with Gasteiger partial charge in [-0.25, -0.2) is 0 Å². The van der Waals surface area contributed by atoms with Crippen LogP contribution < -0.4 is 5.32 Å². The van der Waals surface area contributed by atoms with Gasteiger partial charge in [0, 0.05) is 24.3 Å². The summed E-state index contributed by atoms with van der Waals surface area (Å²) in [6.07, 6.45) is 4.95. The van der Waals surface area contributed by atoms with E-state index in [2.05, 4.69) is 30.4 Å². The summed E-state index contributed by atoms with van der Waals surface area (Å²) in [5, 5.41) is 3.56. The maximum Gasteiger partial charge on any atom is 0.0534 e. The van der Waals surface area contributed by atoms with Crippen LogP contribution in [0.15, 0.2) is 18.2 Å².